The monoisotopic (exact) mass is 299 g/mol. The van der Waals surface area contributed by atoms with Crippen LogP contribution in [-0.2, 0) is 5.41 Å². The lowest BCUT2D eigenvalue weighted by atomic mass is 9.71. The summed E-state index contributed by atoms with van der Waals surface area (Å²) in [6.07, 6.45) is 0. The standard InChI is InChI=1S/C18H25N3O/c1-12-18(2,3)16-7-5-4-6-15(16)17(22)21(12)14-10-20(11-14)13-8-19-9-13/h4-7,12-14,19H,8-11H2,1-3H3. The molecule has 1 unspecified atom stereocenters. The van der Waals surface area contributed by atoms with E-state index in [4.69, 9.17) is 0 Å². The van der Waals surface area contributed by atoms with Gasteiger partial charge in [0.05, 0.1) is 6.04 Å². The number of fused-ring (bicyclic) bond motifs is 1. The van der Waals surface area contributed by atoms with Gasteiger partial charge >= 0.3 is 0 Å². The Hall–Kier alpha value is -1.39. The van der Waals surface area contributed by atoms with E-state index >= 15 is 0 Å². The summed E-state index contributed by atoms with van der Waals surface area (Å²) in [6, 6.07) is 9.43. The summed E-state index contributed by atoms with van der Waals surface area (Å²) in [5.74, 6) is 0.221. The molecular formula is C18H25N3O. The summed E-state index contributed by atoms with van der Waals surface area (Å²) in [6.45, 7) is 11.0. The number of likely N-dealkylation sites (tertiary alicyclic amines) is 1. The quantitative estimate of drug-likeness (QED) is 0.898. The Bertz CT molecular complexity index is 602. The molecule has 0 spiro atoms. The third-order valence-corrected chi connectivity index (χ3v) is 6.11. The summed E-state index contributed by atoms with van der Waals surface area (Å²) in [4.78, 5) is 17.7. The van der Waals surface area contributed by atoms with E-state index in [1.54, 1.807) is 0 Å². The Morgan fingerprint density at radius 2 is 1.82 bits per heavy atom. The Morgan fingerprint density at radius 3 is 2.45 bits per heavy atom. The molecule has 118 valence electrons. The van der Waals surface area contributed by atoms with E-state index in [1.165, 1.54) is 5.56 Å². The minimum absolute atomic E-state index is 0.00293. The molecule has 3 aliphatic heterocycles. The molecule has 0 saturated carbocycles. The van der Waals surface area contributed by atoms with Gasteiger partial charge in [0.15, 0.2) is 0 Å². The maximum atomic E-state index is 13.0. The fraction of sp³-hybridized carbons (Fsp3) is 0.611. The summed E-state index contributed by atoms with van der Waals surface area (Å²) in [7, 11) is 0. The van der Waals surface area contributed by atoms with Crippen LogP contribution in [0, 0.1) is 0 Å². The van der Waals surface area contributed by atoms with Gasteiger partial charge in [0.25, 0.3) is 5.91 Å². The third-order valence-electron chi connectivity index (χ3n) is 6.11. The lowest BCUT2D eigenvalue weighted by molar-refractivity contribution is -0.0291. The lowest BCUT2D eigenvalue weighted by Crippen LogP contribution is -2.72. The van der Waals surface area contributed by atoms with Crippen molar-refractivity contribution >= 4 is 5.91 Å². The van der Waals surface area contributed by atoms with Gasteiger partial charge in [-0.2, -0.15) is 0 Å². The van der Waals surface area contributed by atoms with Gasteiger partial charge in [0.1, 0.15) is 0 Å². The van der Waals surface area contributed by atoms with Gasteiger partial charge < -0.3 is 10.2 Å². The van der Waals surface area contributed by atoms with E-state index in [-0.39, 0.29) is 17.4 Å². The van der Waals surface area contributed by atoms with Crippen molar-refractivity contribution in [2.45, 2.75) is 44.3 Å². The second-order valence-corrected chi connectivity index (χ2v) is 7.58. The Morgan fingerprint density at radius 1 is 1.14 bits per heavy atom. The molecule has 1 aromatic rings. The van der Waals surface area contributed by atoms with Crippen LogP contribution >= 0.6 is 0 Å². The molecule has 0 radical (unpaired) electrons. The number of nitrogens with zero attached hydrogens (tertiary/aromatic N) is 2. The molecule has 2 saturated heterocycles. The van der Waals surface area contributed by atoms with Crippen LogP contribution in [0.2, 0.25) is 0 Å². The smallest absolute Gasteiger partial charge is 0.254 e. The van der Waals surface area contributed by atoms with Crippen LogP contribution in [-0.4, -0.2) is 60.0 Å². The molecule has 0 bridgehead atoms. The maximum absolute atomic E-state index is 13.0. The molecule has 3 aliphatic rings. The van der Waals surface area contributed by atoms with Crippen molar-refractivity contribution in [1.29, 1.82) is 0 Å². The molecule has 0 aromatic heterocycles. The number of nitrogens with one attached hydrogen (secondary N) is 1. The van der Waals surface area contributed by atoms with Crippen LogP contribution < -0.4 is 5.32 Å². The predicted molar refractivity (Wildman–Crippen MR) is 87.1 cm³/mol. The van der Waals surface area contributed by atoms with Crippen LogP contribution in [0.15, 0.2) is 24.3 Å². The van der Waals surface area contributed by atoms with E-state index in [9.17, 15) is 4.79 Å². The molecule has 0 aliphatic carbocycles. The second kappa shape index (κ2) is 4.80. The maximum Gasteiger partial charge on any atom is 0.254 e. The molecule has 4 heteroatoms. The lowest BCUT2D eigenvalue weighted by Gasteiger charge is -2.56. The normalized spacial score (nSPS) is 29.0. The number of hydrogen-bond acceptors (Lipinski definition) is 3. The highest BCUT2D eigenvalue weighted by atomic mass is 16.2. The van der Waals surface area contributed by atoms with Crippen LogP contribution in [0.25, 0.3) is 0 Å². The van der Waals surface area contributed by atoms with Crippen molar-refractivity contribution < 1.29 is 4.79 Å². The molecule has 4 rings (SSSR count). The third kappa shape index (κ3) is 1.87. The predicted octanol–water partition coefficient (Wildman–Crippen LogP) is 1.46. The minimum atomic E-state index is 0.00293. The molecule has 1 N–H and O–H groups in total. The topological polar surface area (TPSA) is 35.6 Å². The molecule has 22 heavy (non-hydrogen) atoms. The van der Waals surface area contributed by atoms with Gasteiger partial charge in [-0.1, -0.05) is 32.0 Å². The van der Waals surface area contributed by atoms with Crippen molar-refractivity contribution in [3.63, 3.8) is 0 Å². The van der Waals surface area contributed by atoms with E-state index < -0.39 is 0 Å². The number of carbonyl (C=O) groups excluding carboxylic acids is 1. The van der Waals surface area contributed by atoms with E-state index in [0.29, 0.717) is 12.1 Å². The first kappa shape index (κ1) is 14.2. The minimum Gasteiger partial charge on any atom is -0.329 e. The van der Waals surface area contributed by atoms with Gasteiger partial charge in [-0.05, 0) is 18.6 Å². The summed E-state index contributed by atoms with van der Waals surface area (Å²) in [5, 5.41) is 3.33. The fourth-order valence-corrected chi connectivity index (χ4v) is 4.09. The Balaban J connectivity index is 1.60. The zero-order valence-electron chi connectivity index (χ0n) is 13.7. The van der Waals surface area contributed by atoms with Crippen molar-refractivity contribution in [3.8, 4) is 0 Å². The fourth-order valence-electron chi connectivity index (χ4n) is 4.09. The van der Waals surface area contributed by atoms with E-state index in [0.717, 1.165) is 31.7 Å². The Labute approximate surface area is 132 Å². The first-order chi connectivity index (χ1) is 10.5. The highest BCUT2D eigenvalue weighted by Gasteiger charge is 2.48. The first-order valence-corrected chi connectivity index (χ1v) is 8.37. The number of benzene rings is 1. The van der Waals surface area contributed by atoms with Gasteiger partial charge in [0, 0.05) is 49.2 Å². The summed E-state index contributed by atoms with van der Waals surface area (Å²) < 4.78 is 0. The van der Waals surface area contributed by atoms with Crippen molar-refractivity contribution in [2.75, 3.05) is 26.2 Å². The largest absolute Gasteiger partial charge is 0.329 e. The van der Waals surface area contributed by atoms with Crippen LogP contribution in [0.5, 0.6) is 0 Å². The molecule has 1 aromatic carbocycles. The average molecular weight is 299 g/mol. The highest BCUT2D eigenvalue weighted by Crippen LogP contribution is 2.40. The highest BCUT2D eigenvalue weighted by molar-refractivity contribution is 5.98. The van der Waals surface area contributed by atoms with E-state index in [2.05, 4.69) is 42.0 Å². The number of carbonyl (C=O) groups is 1. The van der Waals surface area contributed by atoms with Gasteiger partial charge in [-0.25, -0.2) is 0 Å². The number of hydrogen-bond donors (Lipinski definition) is 1. The molecule has 4 nitrogen and oxygen atoms in total. The SMILES string of the molecule is CC1N(C2CN(C3CNC3)C2)C(=O)c2ccccc2C1(C)C. The van der Waals surface area contributed by atoms with Crippen LogP contribution in [0.4, 0.5) is 0 Å². The molecule has 1 amide bonds. The molecule has 1 atom stereocenters. The molecular weight excluding hydrogens is 274 g/mol. The first-order valence-electron chi connectivity index (χ1n) is 8.37. The van der Waals surface area contributed by atoms with Crippen molar-refractivity contribution in [1.82, 2.24) is 15.1 Å². The zero-order valence-corrected chi connectivity index (χ0v) is 13.7. The molecule has 3 heterocycles. The second-order valence-electron chi connectivity index (χ2n) is 7.58. The van der Waals surface area contributed by atoms with Crippen LogP contribution in [0.1, 0.15) is 36.7 Å². The van der Waals surface area contributed by atoms with Crippen LogP contribution in [0.3, 0.4) is 0 Å². The van der Waals surface area contributed by atoms with Gasteiger partial charge in [-0.15, -0.1) is 0 Å². The summed E-state index contributed by atoms with van der Waals surface area (Å²) in [5.41, 5.74) is 2.10. The zero-order chi connectivity index (χ0) is 15.5. The number of amides is 1. The summed E-state index contributed by atoms with van der Waals surface area (Å²) >= 11 is 0. The van der Waals surface area contributed by atoms with E-state index in [1.807, 2.05) is 18.2 Å². The van der Waals surface area contributed by atoms with Gasteiger partial charge in [0.2, 0.25) is 0 Å². The van der Waals surface area contributed by atoms with Gasteiger partial charge in [-0.3, -0.25) is 9.69 Å². The average Bonchev–Trinajstić information content (AvgIpc) is 2.41. The van der Waals surface area contributed by atoms with Crippen molar-refractivity contribution in [2.24, 2.45) is 0 Å². The number of rotatable bonds is 2. The molecule has 2 fully saturated rings. The Kier molecular flexibility index (Phi) is 3.10. The van der Waals surface area contributed by atoms with Crippen molar-refractivity contribution in [3.05, 3.63) is 35.4 Å².